The highest BCUT2D eigenvalue weighted by molar-refractivity contribution is 5.92. The van der Waals surface area contributed by atoms with Crippen LogP contribution in [0.1, 0.15) is 19.8 Å². The normalized spacial score (nSPS) is 17.2. The van der Waals surface area contributed by atoms with Gasteiger partial charge in [-0.05, 0) is 13.3 Å². The highest BCUT2D eigenvalue weighted by Gasteiger charge is 2.13. The third-order valence-electron chi connectivity index (χ3n) is 1.78. The minimum Gasteiger partial charge on any atom is -0.366 e. The SMILES string of the molecule is CC[N+]1=CCCC(C(N)=O)=C1. The monoisotopic (exact) mass is 153 g/mol. The van der Waals surface area contributed by atoms with Crippen molar-refractivity contribution in [1.82, 2.24) is 0 Å². The van der Waals surface area contributed by atoms with Crippen LogP contribution < -0.4 is 5.73 Å². The molecule has 0 saturated heterocycles. The van der Waals surface area contributed by atoms with Crippen LogP contribution in [0.3, 0.4) is 0 Å². The largest absolute Gasteiger partial charge is 0.366 e. The van der Waals surface area contributed by atoms with Crippen LogP contribution in [-0.2, 0) is 4.79 Å². The molecule has 0 unspecified atom stereocenters. The van der Waals surface area contributed by atoms with Crippen LogP contribution in [0.4, 0.5) is 0 Å². The van der Waals surface area contributed by atoms with Gasteiger partial charge in [-0.2, -0.15) is 0 Å². The highest BCUT2D eigenvalue weighted by atomic mass is 16.1. The van der Waals surface area contributed by atoms with Crippen molar-refractivity contribution in [3.8, 4) is 0 Å². The van der Waals surface area contributed by atoms with Gasteiger partial charge in [0.15, 0.2) is 6.20 Å². The molecule has 0 saturated carbocycles. The zero-order chi connectivity index (χ0) is 8.27. The lowest BCUT2D eigenvalue weighted by Crippen LogP contribution is -2.20. The van der Waals surface area contributed by atoms with Gasteiger partial charge < -0.3 is 5.73 Å². The van der Waals surface area contributed by atoms with Crippen molar-refractivity contribution in [3.05, 3.63) is 11.8 Å². The number of carbonyl (C=O) groups excluding carboxylic acids is 1. The summed E-state index contributed by atoms with van der Waals surface area (Å²) in [5.41, 5.74) is 5.87. The first kappa shape index (κ1) is 7.98. The van der Waals surface area contributed by atoms with E-state index in [1.807, 2.05) is 17.7 Å². The number of nitrogens with two attached hydrogens (primary N) is 1. The minimum absolute atomic E-state index is 0.295. The molecule has 1 aliphatic rings. The van der Waals surface area contributed by atoms with Gasteiger partial charge in [-0.1, -0.05) is 0 Å². The number of amides is 1. The Kier molecular flexibility index (Phi) is 2.41. The van der Waals surface area contributed by atoms with E-state index in [0.29, 0.717) is 0 Å². The van der Waals surface area contributed by atoms with Crippen LogP contribution in [0, 0.1) is 0 Å². The van der Waals surface area contributed by atoms with E-state index in [4.69, 9.17) is 5.73 Å². The van der Waals surface area contributed by atoms with E-state index in [-0.39, 0.29) is 5.91 Å². The van der Waals surface area contributed by atoms with Crippen molar-refractivity contribution >= 4 is 12.1 Å². The predicted molar refractivity (Wildman–Crippen MR) is 43.4 cm³/mol. The Balaban J connectivity index is 2.76. The van der Waals surface area contributed by atoms with Crippen molar-refractivity contribution in [2.75, 3.05) is 6.54 Å². The summed E-state index contributed by atoms with van der Waals surface area (Å²) in [5.74, 6) is -0.295. The van der Waals surface area contributed by atoms with Gasteiger partial charge in [-0.25, -0.2) is 4.58 Å². The quantitative estimate of drug-likeness (QED) is 0.568. The summed E-state index contributed by atoms with van der Waals surface area (Å²) >= 11 is 0. The van der Waals surface area contributed by atoms with E-state index in [1.165, 1.54) is 0 Å². The van der Waals surface area contributed by atoms with Gasteiger partial charge in [0.25, 0.3) is 5.91 Å². The molecule has 0 aliphatic carbocycles. The van der Waals surface area contributed by atoms with Gasteiger partial charge in [-0.3, -0.25) is 4.79 Å². The molecule has 0 spiro atoms. The fraction of sp³-hybridized carbons (Fsp3) is 0.500. The molecule has 3 nitrogen and oxygen atoms in total. The maximum absolute atomic E-state index is 10.7. The maximum Gasteiger partial charge on any atom is 0.250 e. The second-order valence-electron chi connectivity index (χ2n) is 2.57. The molecule has 11 heavy (non-hydrogen) atoms. The van der Waals surface area contributed by atoms with Gasteiger partial charge >= 0.3 is 0 Å². The van der Waals surface area contributed by atoms with E-state index in [9.17, 15) is 4.79 Å². The van der Waals surface area contributed by atoms with Gasteiger partial charge in [0.05, 0.1) is 5.57 Å². The molecule has 3 heteroatoms. The summed E-state index contributed by atoms with van der Waals surface area (Å²) in [6.07, 6.45) is 5.60. The lowest BCUT2D eigenvalue weighted by molar-refractivity contribution is -0.451. The number of hydrogen-bond donors (Lipinski definition) is 1. The van der Waals surface area contributed by atoms with Crippen LogP contribution in [0.2, 0.25) is 0 Å². The first-order valence-electron chi connectivity index (χ1n) is 3.83. The Bertz CT molecular complexity index is 228. The third kappa shape index (κ3) is 1.90. The summed E-state index contributed by atoms with van der Waals surface area (Å²) in [5, 5.41) is 0. The molecule has 1 heterocycles. The molecule has 1 rings (SSSR count). The summed E-state index contributed by atoms with van der Waals surface area (Å²) in [7, 11) is 0. The summed E-state index contributed by atoms with van der Waals surface area (Å²) in [6.45, 7) is 2.94. The molecule has 1 amide bonds. The molecular formula is C8H13N2O+. The zero-order valence-corrected chi connectivity index (χ0v) is 6.71. The summed E-state index contributed by atoms with van der Waals surface area (Å²) in [6, 6.07) is 0. The highest BCUT2D eigenvalue weighted by Crippen LogP contribution is 2.07. The third-order valence-corrected chi connectivity index (χ3v) is 1.78. The number of carbonyl (C=O) groups is 1. The number of hydrogen-bond acceptors (Lipinski definition) is 1. The molecule has 0 fully saturated rings. The topological polar surface area (TPSA) is 46.1 Å². The van der Waals surface area contributed by atoms with Crippen LogP contribution in [0.5, 0.6) is 0 Å². The Hall–Kier alpha value is -1.12. The van der Waals surface area contributed by atoms with E-state index in [0.717, 1.165) is 25.0 Å². The van der Waals surface area contributed by atoms with Crippen molar-refractivity contribution < 1.29 is 9.37 Å². The Morgan fingerprint density at radius 2 is 2.55 bits per heavy atom. The van der Waals surface area contributed by atoms with E-state index in [1.54, 1.807) is 0 Å². The second kappa shape index (κ2) is 3.32. The Morgan fingerprint density at radius 1 is 1.82 bits per heavy atom. The molecule has 0 aromatic rings. The molecule has 0 aromatic carbocycles. The van der Waals surface area contributed by atoms with E-state index >= 15 is 0 Å². The molecule has 60 valence electrons. The fourth-order valence-corrected chi connectivity index (χ4v) is 1.11. The van der Waals surface area contributed by atoms with Crippen molar-refractivity contribution in [2.24, 2.45) is 5.73 Å². The van der Waals surface area contributed by atoms with Crippen molar-refractivity contribution in [1.29, 1.82) is 0 Å². The van der Waals surface area contributed by atoms with Gasteiger partial charge in [-0.15, -0.1) is 0 Å². The van der Waals surface area contributed by atoms with Gasteiger partial charge in [0.1, 0.15) is 12.8 Å². The first-order valence-corrected chi connectivity index (χ1v) is 3.83. The van der Waals surface area contributed by atoms with Crippen molar-refractivity contribution in [2.45, 2.75) is 19.8 Å². The number of rotatable bonds is 2. The average molecular weight is 153 g/mol. The summed E-state index contributed by atoms with van der Waals surface area (Å²) < 4.78 is 1.99. The fourth-order valence-electron chi connectivity index (χ4n) is 1.11. The maximum atomic E-state index is 10.7. The van der Waals surface area contributed by atoms with Crippen LogP contribution in [-0.4, -0.2) is 23.2 Å². The first-order chi connectivity index (χ1) is 5.24. The second-order valence-corrected chi connectivity index (χ2v) is 2.57. The molecule has 0 atom stereocenters. The lowest BCUT2D eigenvalue weighted by atomic mass is 10.1. The average Bonchev–Trinajstić information content (AvgIpc) is 2.05. The smallest absolute Gasteiger partial charge is 0.250 e. The molecule has 0 radical (unpaired) electrons. The van der Waals surface area contributed by atoms with Crippen LogP contribution in [0.25, 0.3) is 0 Å². The minimum atomic E-state index is -0.295. The van der Waals surface area contributed by atoms with Gasteiger partial charge in [0, 0.05) is 6.42 Å². The Labute approximate surface area is 66.2 Å². The molecule has 1 aliphatic heterocycles. The standard InChI is InChI=1S/C8H12N2O/c1-2-10-5-3-4-7(6-10)8(9)11/h5-6H,2-4H2,1H3,(H-,9,11)/p+1. The molecule has 0 bridgehead atoms. The molecule has 2 N–H and O–H groups in total. The lowest BCUT2D eigenvalue weighted by Gasteiger charge is -2.03. The van der Waals surface area contributed by atoms with Crippen LogP contribution in [0.15, 0.2) is 11.8 Å². The predicted octanol–water partition coefficient (Wildman–Crippen LogP) is 0.253. The van der Waals surface area contributed by atoms with Gasteiger partial charge in [0.2, 0.25) is 0 Å². The Morgan fingerprint density at radius 3 is 3.09 bits per heavy atom. The van der Waals surface area contributed by atoms with Crippen LogP contribution >= 0.6 is 0 Å². The molecule has 0 aromatic heterocycles. The van der Waals surface area contributed by atoms with Crippen molar-refractivity contribution in [3.63, 3.8) is 0 Å². The number of primary amides is 1. The molecular weight excluding hydrogens is 140 g/mol. The summed E-state index contributed by atoms with van der Waals surface area (Å²) in [4.78, 5) is 10.7. The van der Waals surface area contributed by atoms with E-state index in [2.05, 4.69) is 6.21 Å². The number of nitrogens with zero attached hydrogens (tertiary/aromatic N) is 1. The van der Waals surface area contributed by atoms with E-state index < -0.39 is 0 Å². The zero-order valence-electron chi connectivity index (χ0n) is 6.71.